The Balaban J connectivity index is 1.73. The normalized spacial score (nSPS) is 13.1. The molecule has 3 rings (SSSR count). The van der Waals surface area contributed by atoms with Crippen LogP contribution in [0.2, 0.25) is 0 Å². The number of ether oxygens (including phenoxy) is 1. The van der Waals surface area contributed by atoms with E-state index in [1.54, 1.807) is 19.2 Å². The quantitative estimate of drug-likeness (QED) is 0.909. The Morgan fingerprint density at radius 1 is 1.10 bits per heavy atom. The van der Waals surface area contributed by atoms with E-state index in [9.17, 15) is 4.39 Å². The van der Waals surface area contributed by atoms with Gasteiger partial charge in [-0.15, -0.1) is 0 Å². The second-order valence-corrected chi connectivity index (χ2v) is 5.16. The van der Waals surface area contributed by atoms with Crippen LogP contribution in [0.3, 0.4) is 0 Å². The number of halogens is 1. The summed E-state index contributed by atoms with van der Waals surface area (Å²) in [4.78, 5) is 0. The first-order valence-corrected chi connectivity index (χ1v) is 6.94. The summed E-state index contributed by atoms with van der Waals surface area (Å²) in [6, 6.07) is 11.3. The van der Waals surface area contributed by atoms with Crippen molar-refractivity contribution < 1.29 is 9.13 Å². The van der Waals surface area contributed by atoms with Gasteiger partial charge in [-0.25, -0.2) is 4.39 Å². The summed E-state index contributed by atoms with van der Waals surface area (Å²) in [5, 5.41) is 3.14. The zero-order valence-corrected chi connectivity index (χ0v) is 11.6. The lowest BCUT2D eigenvalue weighted by Gasteiger charge is -2.10. The molecule has 0 amide bonds. The zero-order chi connectivity index (χ0) is 13.9. The van der Waals surface area contributed by atoms with Gasteiger partial charge in [0, 0.05) is 12.6 Å². The number of aryl methyl sites for hydroxylation is 2. The highest BCUT2D eigenvalue weighted by Crippen LogP contribution is 2.24. The Morgan fingerprint density at radius 2 is 1.95 bits per heavy atom. The van der Waals surface area contributed by atoms with E-state index >= 15 is 0 Å². The third-order valence-electron chi connectivity index (χ3n) is 3.82. The smallest absolute Gasteiger partial charge is 0.146 e. The van der Waals surface area contributed by atoms with E-state index < -0.39 is 0 Å². The number of rotatable bonds is 4. The molecule has 20 heavy (non-hydrogen) atoms. The third kappa shape index (κ3) is 2.62. The third-order valence-corrected chi connectivity index (χ3v) is 3.82. The number of anilines is 1. The molecule has 0 spiro atoms. The van der Waals surface area contributed by atoms with Gasteiger partial charge in [0.1, 0.15) is 11.6 Å². The van der Waals surface area contributed by atoms with Gasteiger partial charge in [-0.1, -0.05) is 18.2 Å². The van der Waals surface area contributed by atoms with Crippen molar-refractivity contribution in [1.29, 1.82) is 0 Å². The van der Waals surface area contributed by atoms with Crippen molar-refractivity contribution >= 4 is 5.69 Å². The highest BCUT2D eigenvalue weighted by atomic mass is 19.1. The van der Waals surface area contributed by atoms with Crippen LogP contribution in [0.25, 0.3) is 0 Å². The molecule has 0 radical (unpaired) electrons. The van der Waals surface area contributed by atoms with Gasteiger partial charge in [-0.2, -0.15) is 0 Å². The number of hydrogen-bond donors (Lipinski definition) is 1. The molecule has 1 N–H and O–H groups in total. The monoisotopic (exact) mass is 271 g/mol. The molecule has 0 fully saturated rings. The van der Waals surface area contributed by atoms with Crippen LogP contribution in [-0.4, -0.2) is 7.11 Å². The van der Waals surface area contributed by atoms with Gasteiger partial charge in [0.15, 0.2) is 0 Å². The summed E-state index contributed by atoms with van der Waals surface area (Å²) in [6.07, 6.45) is 3.60. The summed E-state index contributed by atoms with van der Waals surface area (Å²) < 4.78 is 18.8. The first-order valence-electron chi connectivity index (χ1n) is 6.94. The van der Waals surface area contributed by atoms with Crippen molar-refractivity contribution in [3.63, 3.8) is 0 Å². The summed E-state index contributed by atoms with van der Waals surface area (Å²) in [6.45, 7) is 0.622. The number of methoxy groups -OCH3 is 1. The molecule has 2 aromatic carbocycles. The van der Waals surface area contributed by atoms with E-state index in [4.69, 9.17) is 4.74 Å². The van der Waals surface area contributed by atoms with Crippen molar-refractivity contribution in [3.05, 3.63) is 58.9 Å². The maximum atomic E-state index is 13.7. The lowest BCUT2D eigenvalue weighted by molar-refractivity contribution is 0.414. The van der Waals surface area contributed by atoms with Gasteiger partial charge < -0.3 is 10.1 Å². The fourth-order valence-corrected chi connectivity index (χ4v) is 2.70. The average molecular weight is 271 g/mol. The lowest BCUT2D eigenvalue weighted by atomic mass is 10.1. The van der Waals surface area contributed by atoms with Crippen LogP contribution in [0.4, 0.5) is 10.1 Å². The highest BCUT2D eigenvalue weighted by Gasteiger charge is 2.11. The second-order valence-electron chi connectivity index (χ2n) is 5.16. The first kappa shape index (κ1) is 13.0. The fraction of sp³-hybridized carbons (Fsp3) is 0.294. The molecule has 0 heterocycles. The number of benzene rings is 2. The molecule has 0 bridgehead atoms. The van der Waals surface area contributed by atoms with Gasteiger partial charge in [-0.05, 0) is 48.1 Å². The minimum atomic E-state index is -0.257. The van der Waals surface area contributed by atoms with E-state index in [0.717, 1.165) is 6.42 Å². The maximum Gasteiger partial charge on any atom is 0.146 e. The Kier molecular flexibility index (Phi) is 3.59. The molecule has 1 aliphatic carbocycles. The SMILES string of the molecule is COc1ccc(F)c(NCc2ccc3c(c2)CCC3)c1. The van der Waals surface area contributed by atoms with E-state index in [0.29, 0.717) is 18.0 Å². The molecular formula is C17H18FNO. The largest absolute Gasteiger partial charge is 0.497 e. The Hall–Kier alpha value is -2.03. The summed E-state index contributed by atoms with van der Waals surface area (Å²) in [7, 11) is 1.58. The molecule has 104 valence electrons. The predicted octanol–water partition coefficient (Wildman–Crippen LogP) is 3.94. The summed E-state index contributed by atoms with van der Waals surface area (Å²) in [5.74, 6) is 0.398. The number of hydrogen-bond acceptors (Lipinski definition) is 2. The molecule has 2 aromatic rings. The van der Waals surface area contributed by atoms with Crippen molar-refractivity contribution in [2.24, 2.45) is 0 Å². The van der Waals surface area contributed by atoms with E-state index in [-0.39, 0.29) is 5.82 Å². The van der Waals surface area contributed by atoms with Crippen LogP contribution in [0, 0.1) is 5.82 Å². The van der Waals surface area contributed by atoms with E-state index in [1.807, 2.05) is 0 Å². The number of fused-ring (bicyclic) bond motifs is 1. The van der Waals surface area contributed by atoms with E-state index in [2.05, 4.69) is 23.5 Å². The van der Waals surface area contributed by atoms with Crippen molar-refractivity contribution in [1.82, 2.24) is 0 Å². The molecule has 2 nitrogen and oxygen atoms in total. The lowest BCUT2D eigenvalue weighted by Crippen LogP contribution is -2.02. The number of nitrogens with one attached hydrogen (secondary N) is 1. The topological polar surface area (TPSA) is 21.3 Å². The van der Waals surface area contributed by atoms with Gasteiger partial charge in [0.2, 0.25) is 0 Å². The van der Waals surface area contributed by atoms with Crippen LogP contribution < -0.4 is 10.1 Å². The summed E-state index contributed by atoms with van der Waals surface area (Å²) in [5.41, 5.74) is 4.56. The zero-order valence-electron chi connectivity index (χ0n) is 11.6. The average Bonchev–Trinajstić information content (AvgIpc) is 2.94. The van der Waals surface area contributed by atoms with Crippen LogP contribution >= 0.6 is 0 Å². The Morgan fingerprint density at radius 3 is 2.80 bits per heavy atom. The minimum Gasteiger partial charge on any atom is -0.497 e. The van der Waals surface area contributed by atoms with Crippen LogP contribution in [0.15, 0.2) is 36.4 Å². The van der Waals surface area contributed by atoms with E-state index in [1.165, 1.54) is 35.6 Å². The fourth-order valence-electron chi connectivity index (χ4n) is 2.70. The minimum absolute atomic E-state index is 0.257. The predicted molar refractivity (Wildman–Crippen MR) is 78.7 cm³/mol. The van der Waals surface area contributed by atoms with Crippen LogP contribution in [-0.2, 0) is 19.4 Å². The van der Waals surface area contributed by atoms with Crippen LogP contribution in [0.1, 0.15) is 23.1 Å². The Labute approximate surface area is 118 Å². The van der Waals surface area contributed by atoms with Gasteiger partial charge >= 0.3 is 0 Å². The summed E-state index contributed by atoms with van der Waals surface area (Å²) >= 11 is 0. The molecule has 1 aliphatic rings. The second kappa shape index (κ2) is 5.53. The molecular weight excluding hydrogens is 253 g/mol. The molecule has 0 saturated heterocycles. The van der Waals surface area contributed by atoms with Gasteiger partial charge in [-0.3, -0.25) is 0 Å². The molecule has 3 heteroatoms. The Bertz CT molecular complexity index is 624. The standard InChI is InChI=1S/C17H18FNO/c1-20-15-7-8-16(18)17(10-15)19-11-12-5-6-13-3-2-4-14(13)9-12/h5-10,19H,2-4,11H2,1H3. The highest BCUT2D eigenvalue weighted by molar-refractivity contribution is 5.50. The van der Waals surface area contributed by atoms with Crippen molar-refractivity contribution in [3.8, 4) is 5.75 Å². The molecule has 0 unspecified atom stereocenters. The maximum absolute atomic E-state index is 13.7. The molecule has 0 atom stereocenters. The van der Waals surface area contributed by atoms with Gasteiger partial charge in [0.05, 0.1) is 12.8 Å². The van der Waals surface area contributed by atoms with Gasteiger partial charge in [0.25, 0.3) is 0 Å². The molecule has 0 aromatic heterocycles. The van der Waals surface area contributed by atoms with Crippen molar-refractivity contribution in [2.45, 2.75) is 25.8 Å². The molecule has 0 aliphatic heterocycles. The first-order chi connectivity index (χ1) is 9.76. The van der Waals surface area contributed by atoms with Crippen molar-refractivity contribution in [2.75, 3.05) is 12.4 Å². The van der Waals surface area contributed by atoms with Crippen LogP contribution in [0.5, 0.6) is 5.75 Å². The molecule has 0 saturated carbocycles.